The van der Waals surface area contributed by atoms with E-state index in [-0.39, 0.29) is 11.5 Å². The molecule has 2 rings (SSSR count). The van der Waals surface area contributed by atoms with E-state index in [1.54, 1.807) is 12.1 Å². The van der Waals surface area contributed by atoms with E-state index in [0.717, 1.165) is 38.0 Å². The predicted molar refractivity (Wildman–Crippen MR) is 80.6 cm³/mol. The van der Waals surface area contributed by atoms with Crippen molar-refractivity contribution in [3.63, 3.8) is 0 Å². The molecule has 0 bridgehead atoms. The molecule has 1 fully saturated rings. The third-order valence-corrected chi connectivity index (χ3v) is 4.93. The van der Waals surface area contributed by atoms with Crippen LogP contribution in [-0.2, 0) is 9.84 Å². The highest BCUT2D eigenvalue weighted by Gasteiger charge is 2.21. The number of rotatable bonds is 4. The van der Waals surface area contributed by atoms with E-state index >= 15 is 0 Å². The van der Waals surface area contributed by atoms with Gasteiger partial charge >= 0.3 is 0 Å². The second-order valence-corrected chi connectivity index (χ2v) is 7.48. The van der Waals surface area contributed by atoms with Gasteiger partial charge in [0.1, 0.15) is 0 Å². The standard InChI is InChI=1S/C14H22N2O3S/c1-20(18,19)12-4-5-14(13(15)9-12)16-7-2-3-11(10-16)6-8-17/h4-5,9,11,17H,2-3,6-8,10,15H2,1H3. The summed E-state index contributed by atoms with van der Waals surface area (Å²) in [7, 11) is -3.22. The topological polar surface area (TPSA) is 83.6 Å². The molecule has 1 unspecified atom stereocenters. The molecule has 1 aromatic rings. The van der Waals surface area contributed by atoms with Crippen molar-refractivity contribution in [2.24, 2.45) is 5.92 Å². The number of nitrogen functional groups attached to an aromatic ring is 1. The number of aliphatic hydroxyl groups is 1. The molecule has 0 aliphatic carbocycles. The minimum atomic E-state index is -3.22. The minimum absolute atomic E-state index is 0.209. The van der Waals surface area contributed by atoms with E-state index in [1.807, 2.05) is 0 Å². The van der Waals surface area contributed by atoms with Gasteiger partial charge in [-0.25, -0.2) is 8.42 Å². The first kappa shape index (κ1) is 15.1. The van der Waals surface area contributed by atoms with E-state index < -0.39 is 9.84 Å². The Hall–Kier alpha value is -1.27. The van der Waals surface area contributed by atoms with E-state index in [2.05, 4.69) is 4.90 Å². The summed E-state index contributed by atoms with van der Waals surface area (Å²) in [6, 6.07) is 4.92. The first-order valence-electron chi connectivity index (χ1n) is 6.87. The van der Waals surface area contributed by atoms with Crippen LogP contribution >= 0.6 is 0 Å². The Kier molecular flexibility index (Phi) is 4.55. The molecule has 6 heteroatoms. The van der Waals surface area contributed by atoms with Crippen molar-refractivity contribution in [1.82, 2.24) is 0 Å². The van der Waals surface area contributed by atoms with Crippen molar-refractivity contribution in [2.45, 2.75) is 24.2 Å². The van der Waals surface area contributed by atoms with Crippen molar-refractivity contribution < 1.29 is 13.5 Å². The molecule has 3 N–H and O–H groups in total. The van der Waals surface area contributed by atoms with Gasteiger partial charge in [-0.05, 0) is 43.4 Å². The van der Waals surface area contributed by atoms with E-state index in [1.165, 1.54) is 12.3 Å². The highest BCUT2D eigenvalue weighted by molar-refractivity contribution is 7.90. The van der Waals surface area contributed by atoms with Crippen LogP contribution in [0.3, 0.4) is 0 Å². The predicted octanol–water partition coefficient (Wildman–Crippen LogP) is 1.27. The van der Waals surface area contributed by atoms with Gasteiger partial charge in [0.15, 0.2) is 9.84 Å². The molecule has 1 atom stereocenters. The summed E-state index contributed by atoms with van der Waals surface area (Å²) in [6.07, 6.45) is 4.17. The molecule has 20 heavy (non-hydrogen) atoms. The maximum atomic E-state index is 11.5. The maximum Gasteiger partial charge on any atom is 0.175 e. The number of hydrogen-bond donors (Lipinski definition) is 2. The van der Waals surface area contributed by atoms with Crippen molar-refractivity contribution in [3.8, 4) is 0 Å². The van der Waals surface area contributed by atoms with Crippen molar-refractivity contribution in [3.05, 3.63) is 18.2 Å². The lowest BCUT2D eigenvalue weighted by Crippen LogP contribution is -2.36. The molecular weight excluding hydrogens is 276 g/mol. The third kappa shape index (κ3) is 3.43. The molecule has 0 aromatic heterocycles. The largest absolute Gasteiger partial charge is 0.397 e. The number of aliphatic hydroxyl groups excluding tert-OH is 1. The second kappa shape index (κ2) is 6.01. The Morgan fingerprint density at radius 3 is 2.80 bits per heavy atom. The lowest BCUT2D eigenvalue weighted by atomic mass is 9.94. The van der Waals surface area contributed by atoms with Gasteiger partial charge < -0.3 is 15.7 Å². The third-order valence-electron chi connectivity index (χ3n) is 3.82. The molecule has 1 saturated heterocycles. The second-order valence-electron chi connectivity index (χ2n) is 5.46. The van der Waals surface area contributed by atoms with Gasteiger partial charge in [0, 0.05) is 26.0 Å². The first-order valence-corrected chi connectivity index (χ1v) is 8.76. The quantitative estimate of drug-likeness (QED) is 0.818. The number of nitrogens with zero attached hydrogens (tertiary/aromatic N) is 1. The molecule has 1 aliphatic rings. The summed E-state index contributed by atoms with van der Waals surface area (Å²) < 4.78 is 23.0. The van der Waals surface area contributed by atoms with Crippen molar-refractivity contribution >= 4 is 21.2 Å². The fourth-order valence-corrected chi connectivity index (χ4v) is 3.41. The summed E-state index contributed by atoms with van der Waals surface area (Å²) in [6.45, 7) is 1.99. The lowest BCUT2D eigenvalue weighted by molar-refractivity contribution is 0.244. The van der Waals surface area contributed by atoms with Crippen molar-refractivity contribution in [2.75, 3.05) is 36.6 Å². The fourth-order valence-electron chi connectivity index (χ4n) is 2.75. The summed E-state index contributed by atoms with van der Waals surface area (Å²) in [5.74, 6) is 0.475. The Morgan fingerprint density at radius 2 is 2.20 bits per heavy atom. The summed E-state index contributed by atoms with van der Waals surface area (Å²) in [5, 5.41) is 9.05. The zero-order valence-electron chi connectivity index (χ0n) is 11.7. The molecule has 1 aromatic carbocycles. The van der Waals surface area contributed by atoms with Gasteiger partial charge in [-0.3, -0.25) is 0 Å². The Morgan fingerprint density at radius 1 is 1.45 bits per heavy atom. The van der Waals surface area contributed by atoms with Crippen LogP contribution in [0.4, 0.5) is 11.4 Å². The maximum absolute atomic E-state index is 11.5. The average molecular weight is 298 g/mol. The number of anilines is 2. The van der Waals surface area contributed by atoms with Gasteiger partial charge in [0.2, 0.25) is 0 Å². The molecule has 1 heterocycles. The lowest BCUT2D eigenvalue weighted by Gasteiger charge is -2.35. The zero-order chi connectivity index (χ0) is 14.8. The molecule has 0 amide bonds. The van der Waals surface area contributed by atoms with Gasteiger partial charge in [0.05, 0.1) is 16.3 Å². The molecule has 5 nitrogen and oxygen atoms in total. The highest BCUT2D eigenvalue weighted by Crippen LogP contribution is 2.30. The van der Waals surface area contributed by atoms with E-state index in [4.69, 9.17) is 10.8 Å². The molecular formula is C14H22N2O3S. The fraction of sp³-hybridized carbons (Fsp3) is 0.571. The Bertz CT molecular complexity index is 570. The van der Waals surface area contributed by atoms with Gasteiger partial charge in [0.25, 0.3) is 0 Å². The Labute approximate surface area is 120 Å². The van der Waals surface area contributed by atoms with E-state index in [9.17, 15) is 8.42 Å². The number of piperidine rings is 1. The summed E-state index contributed by atoms with van der Waals surface area (Å²) in [5.41, 5.74) is 7.40. The highest BCUT2D eigenvalue weighted by atomic mass is 32.2. The van der Waals surface area contributed by atoms with E-state index in [0.29, 0.717) is 11.6 Å². The van der Waals surface area contributed by atoms with Crippen LogP contribution in [0.2, 0.25) is 0 Å². The number of hydrogen-bond acceptors (Lipinski definition) is 5. The van der Waals surface area contributed by atoms with Gasteiger partial charge in [-0.1, -0.05) is 0 Å². The summed E-state index contributed by atoms with van der Waals surface area (Å²) >= 11 is 0. The number of sulfone groups is 1. The smallest absolute Gasteiger partial charge is 0.175 e. The van der Waals surface area contributed by atoms with Gasteiger partial charge in [-0.15, -0.1) is 0 Å². The van der Waals surface area contributed by atoms with Crippen LogP contribution in [0.25, 0.3) is 0 Å². The van der Waals surface area contributed by atoms with Crippen LogP contribution in [0.1, 0.15) is 19.3 Å². The molecule has 112 valence electrons. The monoisotopic (exact) mass is 298 g/mol. The Balaban J connectivity index is 2.20. The zero-order valence-corrected chi connectivity index (χ0v) is 12.6. The molecule has 0 spiro atoms. The van der Waals surface area contributed by atoms with Crippen LogP contribution in [0, 0.1) is 5.92 Å². The SMILES string of the molecule is CS(=O)(=O)c1ccc(N2CCCC(CCO)C2)c(N)c1. The molecule has 0 saturated carbocycles. The normalized spacial score (nSPS) is 20.1. The summed E-state index contributed by atoms with van der Waals surface area (Å²) in [4.78, 5) is 2.44. The molecule has 0 radical (unpaired) electrons. The average Bonchev–Trinajstić information content (AvgIpc) is 2.38. The van der Waals surface area contributed by atoms with Gasteiger partial charge in [-0.2, -0.15) is 0 Å². The van der Waals surface area contributed by atoms with Crippen molar-refractivity contribution in [1.29, 1.82) is 0 Å². The van der Waals surface area contributed by atoms with Crippen LogP contribution in [0.15, 0.2) is 23.1 Å². The first-order chi connectivity index (χ1) is 9.41. The number of benzene rings is 1. The van der Waals surface area contributed by atoms with Crippen LogP contribution < -0.4 is 10.6 Å². The number of nitrogens with two attached hydrogens (primary N) is 1. The molecule has 1 aliphatic heterocycles. The minimum Gasteiger partial charge on any atom is -0.397 e. The van der Waals surface area contributed by atoms with Crippen LogP contribution in [-0.4, -0.2) is 39.5 Å². The van der Waals surface area contributed by atoms with Crippen LogP contribution in [0.5, 0.6) is 0 Å².